The first-order valence-corrected chi connectivity index (χ1v) is 4.00. The van der Waals surface area contributed by atoms with Gasteiger partial charge in [0.05, 0.1) is 0 Å². The van der Waals surface area contributed by atoms with E-state index in [-0.39, 0.29) is 0 Å². The van der Waals surface area contributed by atoms with Gasteiger partial charge in [-0.3, -0.25) is 0 Å². The smallest absolute Gasteiger partial charge is 0.331 e. The second kappa shape index (κ2) is 2.83. The van der Waals surface area contributed by atoms with Crippen molar-refractivity contribution < 1.29 is 9.90 Å². The van der Waals surface area contributed by atoms with Gasteiger partial charge in [-0.25, -0.2) is 14.5 Å². The van der Waals surface area contributed by atoms with Crippen LogP contribution >= 0.6 is 0 Å². The zero-order valence-electron chi connectivity index (χ0n) is 8.20. The second-order valence-electron chi connectivity index (χ2n) is 3.48. The fourth-order valence-corrected chi connectivity index (χ4v) is 1.14. The topological polar surface area (TPSA) is 68.0 Å². The maximum atomic E-state index is 10.9. The van der Waals surface area contributed by atoms with Crippen LogP contribution in [-0.2, 0) is 10.3 Å². The van der Waals surface area contributed by atoms with Crippen molar-refractivity contribution in [3.8, 4) is 0 Å². The largest absolute Gasteiger partial charge is 0.479 e. The van der Waals surface area contributed by atoms with E-state index in [1.807, 2.05) is 0 Å². The molecule has 0 saturated carbocycles. The van der Waals surface area contributed by atoms with Crippen molar-refractivity contribution in [1.29, 1.82) is 0 Å². The number of aliphatic carboxylic acids is 1. The minimum Gasteiger partial charge on any atom is -0.479 e. The third-order valence-electron chi connectivity index (χ3n) is 1.93. The third-order valence-corrected chi connectivity index (χ3v) is 1.93. The minimum absolute atomic E-state index is 0.590. The molecule has 5 nitrogen and oxygen atoms in total. The fraction of sp³-hybridized carbons (Fsp3) is 0.625. The van der Waals surface area contributed by atoms with Crippen LogP contribution < -0.4 is 0 Å². The van der Waals surface area contributed by atoms with Crippen LogP contribution in [0.15, 0.2) is 0 Å². The van der Waals surface area contributed by atoms with E-state index in [1.165, 1.54) is 4.68 Å². The summed E-state index contributed by atoms with van der Waals surface area (Å²) in [7, 11) is 0. The monoisotopic (exact) mass is 183 g/mol. The van der Waals surface area contributed by atoms with Crippen molar-refractivity contribution in [2.24, 2.45) is 0 Å². The molecular formula is C8H13N3O2. The summed E-state index contributed by atoms with van der Waals surface area (Å²) in [5.74, 6) is 0.289. The van der Waals surface area contributed by atoms with Crippen LogP contribution in [-0.4, -0.2) is 25.8 Å². The lowest BCUT2D eigenvalue weighted by Gasteiger charge is -2.20. The van der Waals surface area contributed by atoms with E-state index in [4.69, 9.17) is 5.11 Å². The molecule has 0 amide bonds. The molecule has 0 saturated heterocycles. The van der Waals surface area contributed by atoms with Gasteiger partial charge in [-0.15, -0.1) is 0 Å². The van der Waals surface area contributed by atoms with E-state index in [0.717, 1.165) is 0 Å². The van der Waals surface area contributed by atoms with Crippen LogP contribution in [0.25, 0.3) is 0 Å². The Kier molecular flexibility index (Phi) is 2.11. The normalized spacial score (nSPS) is 11.7. The molecule has 1 heterocycles. The molecule has 72 valence electrons. The highest BCUT2D eigenvalue weighted by atomic mass is 16.4. The molecule has 0 aliphatic heterocycles. The van der Waals surface area contributed by atoms with Crippen LogP contribution in [0.2, 0.25) is 0 Å². The average molecular weight is 183 g/mol. The Balaban J connectivity index is 3.21. The summed E-state index contributed by atoms with van der Waals surface area (Å²) in [5.41, 5.74) is -1.04. The zero-order valence-corrected chi connectivity index (χ0v) is 8.20. The Hall–Kier alpha value is -1.39. The van der Waals surface area contributed by atoms with Gasteiger partial charge in [0.2, 0.25) is 0 Å². The van der Waals surface area contributed by atoms with Gasteiger partial charge in [0.1, 0.15) is 11.6 Å². The molecule has 1 N–H and O–H groups in total. The van der Waals surface area contributed by atoms with E-state index >= 15 is 0 Å². The van der Waals surface area contributed by atoms with E-state index in [0.29, 0.717) is 11.6 Å². The van der Waals surface area contributed by atoms with E-state index in [1.54, 1.807) is 27.7 Å². The number of carboxylic acids is 1. The Morgan fingerprint density at radius 3 is 2.31 bits per heavy atom. The van der Waals surface area contributed by atoms with Crippen LogP contribution in [0.1, 0.15) is 25.5 Å². The van der Waals surface area contributed by atoms with Crippen LogP contribution in [0.5, 0.6) is 0 Å². The molecule has 1 rings (SSSR count). The van der Waals surface area contributed by atoms with Gasteiger partial charge in [-0.05, 0) is 27.7 Å². The first kappa shape index (κ1) is 9.70. The first-order chi connectivity index (χ1) is 5.85. The molecule has 0 aromatic carbocycles. The summed E-state index contributed by atoms with van der Waals surface area (Å²) in [5, 5.41) is 13.0. The summed E-state index contributed by atoms with van der Waals surface area (Å²) in [6.45, 7) is 6.67. The van der Waals surface area contributed by atoms with E-state index in [9.17, 15) is 4.79 Å². The molecule has 0 bridgehead atoms. The molecular weight excluding hydrogens is 170 g/mol. The number of nitrogens with zero attached hydrogens (tertiary/aromatic N) is 3. The van der Waals surface area contributed by atoms with Crippen molar-refractivity contribution in [1.82, 2.24) is 14.8 Å². The number of rotatable bonds is 2. The highest BCUT2D eigenvalue weighted by Crippen LogP contribution is 2.15. The standard InChI is InChI=1S/C8H13N3O2/c1-5-9-6(2)11(10-5)8(3,4)7(12)13/h1-4H3,(H,12,13). The first-order valence-electron chi connectivity index (χ1n) is 4.00. The second-order valence-corrected chi connectivity index (χ2v) is 3.48. The van der Waals surface area contributed by atoms with Gasteiger partial charge in [0, 0.05) is 0 Å². The number of carboxylic acid groups (broad SMARTS) is 1. The zero-order chi connectivity index (χ0) is 10.2. The van der Waals surface area contributed by atoms with E-state index in [2.05, 4.69) is 10.1 Å². The predicted molar refractivity (Wildman–Crippen MR) is 46.5 cm³/mol. The summed E-state index contributed by atoms with van der Waals surface area (Å²) in [6, 6.07) is 0. The maximum absolute atomic E-state index is 10.9. The molecule has 0 atom stereocenters. The van der Waals surface area contributed by atoms with Crippen molar-refractivity contribution in [3.63, 3.8) is 0 Å². The Morgan fingerprint density at radius 2 is 2.00 bits per heavy atom. The van der Waals surface area contributed by atoms with Gasteiger partial charge in [-0.1, -0.05) is 0 Å². The van der Waals surface area contributed by atoms with Gasteiger partial charge < -0.3 is 5.11 Å². The number of aryl methyl sites for hydroxylation is 2. The molecule has 1 aromatic rings. The SMILES string of the molecule is Cc1nc(C)n(C(C)(C)C(=O)O)n1. The van der Waals surface area contributed by atoms with Crippen molar-refractivity contribution in [2.75, 3.05) is 0 Å². The molecule has 0 unspecified atom stereocenters. The summed E-state index contributed by atoms with van der Waals surface area (Å²) >= 11 is 0. The lowest BCUT2D eigenvalue weighted by molar-refractivity contribution is -0.146. The van der Waals surface area contributed by atoms with Crippen LogP contribution in [0.4, 0.5) is 0 Å². The van der Waals surface area contributed by atoms with Crippen molar-refractivity contribution >= 4 is 5.97 Å². The van der Waals surface area contributed by atoms with Crippen molar-refractivity contribution in [2.45, 2.75) is 33.2 Å². The quantitative estimate of drug-likeness (QED) is 0.733. The molecule has 0 aliphatic carbocycles. The molecule has 0 fully saturated rings. The maximum Gasteiger partial charge on any atom is 0.331 e. The molecule has 0 aliphatic rings. The average Bonchev–Trinajstić information content (AvgIpc) is 2.30. The fourth-order valence-electron chi connectivity index (χ4n) is 1.14. The van der Waals surface area contributed by atoms with Gasteiger partial charge in [0.15, 0.2) is 5.54 Å². The van der Waals surface area contributed by atoms with Gasteiger partial charge in [0.25, 0.3) is 0 Å². The molecule has 5 heteroatoms. The predicted octanol–water partition coefficient (Wildman–Crippen LogP) is 0.715. The third kappa shape index (κ3) is 1.54. The highest BCUT2D eigenvalue weighted by molar-refractivity contribution is 5.75. The molecule has 1 aromatic heterocycles. The Bertz CT molecular complexity index is 341. The number of aromatic nitrogens is 3. The van der Waals surface area contributed by atoms with E-state index < -0.39 is 11.5 Å². The summed E-state index contributed by atoms with van der Waals surface area (Å²) in [6.07, 6.45) is 0. The summed E-state index contributed by atoms with van der Waals surface area (Å²) < 4.78 is 1.42. The number of hydrogen-bond donors (Lipinski definition) is 1. The Labute approximate surface area is 76.4 Å². The molecule has 0 spiro atoms. The molecule has 13 heavy (non-hydrogen) atoms. The van der Waals surface area contributed by atoms with Crippen molar-refractivity contribution in [3.05, 3.63) is 11.6 Å². The van der Waals surface area contributed by atoms with Gasteiger partial charge in [-0.2, -0.15) is 5.10 Å². The van der Waals surface area contributed by atoms with Gasteiger partial charge >= 0.3 is 5.97 Å². The minimum atomic E-state index is -1.04. The number of hydrogen-bond acceptors (Lipinski definition) is 3. The summed E-state index contributed by atoms with van der Waals surface area (Å²) in [4.78, 5) is 14.9. The number of carbonyl (C=O) groups is 1. The lowest BCUT2D eigenvalue weighted by atomic mass is 10.1. The van der Waals surface area contributed by atoms with Crippen LogP contribution in [0.3, 0.4) is 0 Å². The molecule has 0 radical (unpaired) electrons. The van der Waals surface area contributed by atoms with Crippen LogP contribution in [0, 0.1) is 13.8 Å². The highest BCUT2D eigenvalue weighted by Gasteiger charge is 2.32. The Morgan fingerprint density at radius 1 is 1.46 bits per heavy atom. The lowest BCUT2D eigenvalue weighted by Crippen LogP contribution is -2.37.